The number of furan rings is 1. The summed E-state index contributed by atoms with van der Waals surface area (Å²) in [6.45, 7) is 6.40. The predicted molar refractivity (Wildman–Crippen MR) is 37.5 cm³/mol. The summed E-state index contributed by atoms with van der Waals surface area (Å²) in [7, 11) is 0. The van der Waals surface area contributed by atoms with E-state index in [1.807, 2.05) is 6.26 Å². The van der Waals surface area contributed by atoms with E-state index in [1.54, 1.807) is 6.26 Å². The molecule has 0 aliphatic rings. The van der Waals surface area contributed by atoms with E-state index >= 15 is 0 Å². The fourth-order valence-electron chi connectivity index (χ4n) is 0.962. The Morgan fingerprint density at radius 3 is 2.22 bits per heavy atom. The Bertz CT molecular complexity index is 186. The molecule has 9 heavy (non-hydrogen) atoms. The molecule has 0 radical (unpaired) electrons. The Morgan fingerprint density at radius 1 is 1.33 bits per heavy atom. The summed E-state index contributed by atoms with van der Waals surface area (Å²) in [4.78, 5) is 0. The van der Waals surface area contributed by atoms with Crippen LogP contribution in [-0.4, -0.2) is 0 Å². The Balaban J connectivity index is 2.94. The van der Waals surface area contributed by atoms with Gasteiger partial charge in [0.05, 0.1) is 12.5 Å². The van der Waals surface area contributed by atoms with Gasteiger partial charge in [0.2, 0.25) is 0 Å². The van der Waals surface area contributed by atoms with Crippen molar-refractivity contribution in [2.45, 2.75) is 26.7 Å². The first-order valence-corrected chi connectivity index (χ1v) is 3.24. The highest BCUT2D eigenvalue weighted by molar-refractivity contribution is 5.21. The Morgan fingerprint density at radius 2 is 2.00 bits per heavy atom. The van der Waals surface area contributed by atoms with Gasteiger partial charge in [-0.1, -0.05) is 13.8 Å². The van der Waals surface area contributed by atoms with Crippen molar-refractivity contribution >= 4 is 0 Å². The molecular weight excluding hydrogens is 112 g/mol. The number of aryl methyl sites for hydroxylation is 1. The maximum Gasteiger partial charge on any atom is 0.0939 e. The van der Waals surface area contributed by atoms with Crippen LogP contribution in [0.25, 0.3) is 0 Å². The van der Waals surface area contributed by atoms with E-state index < -0.39 is 0 Å². The monoisotopic (exact) mass is 124 g/mol. The van der Waals surface area contributed by atoms with Crippen molar-refractivity contribution in [1.82, 2.24) is 0 Å². The molecule has 0 saturated carbocycles. The van der Waals surface area contributed by atoms with E-state index in [1.165, 1.54) is 11.1 Å². The summed E-state index contributed by atoms with van der Waals surface area (Å²) in [5.74, 6) is 0.587. The molecule has 0 saturated heterocycles. The molecule has 0 bridgehead atoms. The summed E-state index contributed by atoms with van der Waals surface area (Å²) in [5.41, 5.74) is 2.57. The van der Waals surface area contributed by atoms with E-state index in [9.17, 15) is 0 Å². The highest BCUT2D eigenvalue weighted by Gasteiger charge is 2.03. The second kappa shape index (κ2) is 2.26. The number of hydrogen-bond acceptors (Lipinski definition) is 1. The zero-order valence-electron chi connectivity index (χ0n) is 6.14. The summed E-state index contributed by atoms with van der Waals surface area (Å²) < 4.78 is 5.01. The van der Waals surface area contributed by atoms with Gasteiger partial charge in [0.15, 0.2) is 0 Å². The zero-order valence-corrected chi connectivity index (χ0v) is 6.14. The largest absolute Gasteiger partial charge is 0.472 e. The van der Waals surface area contributed by atoms with E-state index in [-0.39, 0.29) is 0 Å². The van der Waals surface area contributed by atoms with E-state index in [4.69, 9.17) is 4.42 Å². The van der Waals surface area contributed by atoms with Crippen molar-refractivity contribution in [1.29, 1.82) is 0 Å². The minimum atomic E-state index is 0.587. The zero-order chi connectivity index (χ0) is 6.85. The second-order valence-electron chi connectivity index (χ2n) is 2.66. The first kappa shape index (κ1) is 6.40. The maximum atomic E-state index is 5.01. The molecule has 0 unspecified atom stereocenters. The van der Waals surface area contributed by atoms with Crippen LogP contribution in [0.2, 0.25) is 0 Å². The normalized spacial score (nSPS) is 10.7. The Labute approximate surface area is 55.7 Å². The van der Waals surface area contributed by atoms with Crippen molar-refractivity contribution in [2.75, 3.05) is 0 Å². The first-order valence-electron chi connectivity index (χ1n) is 3.24. The molecular formula is C8H12O. The lowest BCUT2D eigenvalue weighted by molar-refractivity contribution is 0.560. The molecule has 0 aliphatic heterocycles. The molecule has 0 fully saturated rings. The predicted octanol–water partition coefficient (Wildman–Crippen LogP) is 2.71. The van der Waals surface area contributed by atoms with Crippen LogP contribution < -0.4 is 0 Å². The second-order valence-corrected chi connectivity index (χ2v) is 2.66. The van der Waals surface area contributed by atoms with Crippen LogP contribution >= 0.6 is 0 Å². The van der Waals surface area contributed by atoms with Crippen LogP contribution in [0.15, 0.2) is 16.9 Å². The SMILES string of the molecule is Cc1cocc1C(C)C. The lowest BCUT2D eigenvalue weighted by Gasteiger charge is -1.99. The van der Waals surface area contributed by atoms with Gasteiger partial charge >= 0.3 is 0 Å². The van der Waals surface area contributed by atoms with Gasteiger partial charge in [0.1, 0.15) is 0 Å². The van der Waals surface area contributed by atoms with Crippen molar-refractivity contribution < 1.29 is 4.42 Å². The van der Waals surface area contributed by atoms with Gasteiger partial charge in [-0.2, -0.15) is 0 Å². The molecule has 1 heterocycles. The van der Waals surface area contributed by atoms with Gasteiger partial charge in [-0.25, -0.2) is 0 Å². The molecule has 0 N–H and O–H groups in total. The Hall–Kier alpha value is -0.720. The van der Waals surface area contributed by atoms with Gasteiger partial charge in [-0.3, -0.25) is 0 Å². The van der Waals surface area contributed by atoms with Crippen molar-refractivity contribution in [2.24, 2.45) is 0 Å². The molecule has 1 aromatic rings. The highest BCUT2D eigenvalue weighted by Crippen LogP contribution is 2.18. The average molecular weight is 124 g/mol. The molecule has 0 aromatic carbocycles. The van der Waals surface area contributed by atoms with Crippen LogP contribution in [0.3, 0.4) is 0 Å². The summed E-state index contributed by atoms with van der Waals surface area (Å²) in [6, 6.07) is 0. The fourth-order valence-corrected chi connectivity index (χ4v) is 0.962. The summed E-state index contributed by atoms with van der Waals surface area (Å²) in [5, 5.41) is 0. The quantitative estimate of drug-likeness (QED) is 0.561. The molecule has 0 spiro atoms. The smallest absolute Gasteiger partial charge is 0.0939 e. The van der Waals surface area contributed by atoms with Gasteiger partial charge in [0, 0.05) is 0 Å². The third-order valence-corrected chi connectivity index (χ3v) is 1.52. The van der Waals surface area contributed by atoms with Crippen molar-refractivity contribution in [3.05, 3.63) is 23.7 Å². The topological polar surface area (TPSA) is 13.1 Å². The number of rotatable bonds is 1. The minimum Gasteiger partial charge on any atom is -0.472 e. The van der Waals surface area contributed by atoms with Crippen molar-refractivity contribution in [3.8, 4) is 0 Å². The maximum absolute atomic E-state index is 5.01. The lowest BCUT2D eigenvalue weighted by Crippen LogP contribution is -1.84. The molecule has 1 rings (SSSR count). The van der Waals surface area contributed by atoms with Crippen LogP contribution in [-0.2, 0) is 0 Å². The van der Waals surface area contributed by atoms with Crippen LogP contribution in [0.4, 0.5) is 0 Å². The van der Waals surface area contributed by atoms with Gasteiger partial charge < -0.3 is 4.42 Å². The Kier molecular flexibility index (Phi) is 1.60. The minimum absolute atomic E-state index is 0.587. The fraction of sp³-hybridized carbons (Fsp3) is 0.500. The molecule has 0 amide bonds. The van der Waals surface area contributed by atoms with Crippen molar-refractivity contribution in [3.63, 3.8) is 0 Å². The molecule has 1 aromatic heterocycles. The first-order chi connectivity index (χ1) is 4.22. The molecule has 0 atom stereocenters. The molecule has 50 valence electrons. The van der Waals surface area contributed by atoms with Gasteiger partial charge in [-0.15, -0.1) is 0 Å². The summed E-state index contributed by atoms with van der Waals surface area (Å²) in [6.07, 6.45) is 3.61. The van der Waals surface area contributed by atoms with Gasteiger partial charge in [0.25, 0.3) is 0 Å². The third-order valence-electron chi connectivity index (χ3n) is 1.52. The van der Waals surface area contributed by atoms with Crippen LogP contribution in [0.1, 0.15) is 30.9 Å². The van der Waals surface area contributed by atoms with Gasteiger partial charge in [-0.05, 0) is 24.0 Å². The molecule has 1 heteroatoms. The molecule has 1 nitrogen and oxygen atoms in total. The van der Waals surface area contributed by atoms with E-state index in [0.29, 0.717) is 5.92 Å². The average Bonchev–Trinajstić information content (AvgIpc) is 2.13. The van der Waals surface area contributed by atoms with Crippen LogP contribution in [0, 0.1) is 6.92 Å². The van der Waals surface area contributed by atoms with E-state index in [0.717, 1.165) is 0 Å². The third kappa shape index (κ3) is 1.15. The standard InChI is InChI=1S/C8H12O/c1-6(2)8-5-9-4-7(8)3/h4-6H,1-3H3. The lowest BCUT2D eigenvalue weighted by atomic mass is 10.0. The van der Waals surface area contributed by atoms with Crippen LogP contribution in [0.5, 0.6) is 0 Å². The molecule has 0 aliphatic carbocycles. The van der Waals surface area contributed by atoms with E-state index in [2.05, 4.69) is 20.8 Å². The highest BCUT2D eigenvalue weighted by atomic mass is 16.3. The number of hydrogen-bond donors (Lipinski definition) is 0. The summed E-state index contributed by atoms with van der Waals surface area (Å²) >= 11 is 0.